The molecule has 0 saturated carbocycles. The summed E-state index contributed by atoms with van der Waals surface area (Å²) in [6.45, 7) is 2.51. The van der Waals surface area contributed by atoms with Gasteiger partial charge in [-0.2, -0.15) is 18.2 Å². The fourth-order valence-corrected chi connectivity index (χ4v) is 3.10. The number of halogens is 3. The van der Waals surface area contributed by atoms with Crippen LogP contribution in [0.2, 0.25) is 0 Å². The summed E-state index contributed by atoms with van der Waals surface area (Å²) in [5.74, 6) is 0.880. The van der Waals surface area contributed by atoms with E-state index in [0.717, 1.165) is 25.0 Å². The van der Waals surface area contributed by atoms with Crippen LogP contribution in [0, 0.1) is 0 Å². The molecule has 1 amide bonds. The van der Waals surface area contributed by atoms with E-state index in [2.05, 4.69) is 10.1 Å². The van der Waals surface area contributed by atoms with Gasteiger partial charge in [0.25, 0.3) is 0 Å². The van der Waals surface area contributed by atoms with E-state index in [-0.39, 0.29) is 12.3 Å². The molecule has 0 unspecified atom stereocenters. The van der Waals surface area contributed by atoms with Crippen LogP contribution in [0.3, 0.4) is 0 Å². The van der Waals surface area contributed by atoms with Crippen molar-refractivity contribution < 1.29 is 22.5 Å². The smallest absolute Gasteiger partial charge is 0.339 e. The molecule has 0 N–H and O–H groups in total. The van der Waals surface area contributed by atoms with Crippen molar-refractivity contribution >= 4 is 11.6 Å². The van der Waals surface area contributed by atoms with Crippen molar-refractivity contribution in [3.8, 4) is 0 Å². The summed E-state index contributed by atoms with van der Waals surface area (Å²) in [5.41, 5.74) is 0.439. The molecule has 3 rings (SSSR count). The lowest BCUT2D eigenvalue weighted by Crippen LogP contribution is -2.35. The van der Waals surface area contributed by atoms with E-state index in [9.17, 15) is 18.0 Å². The molecule has 0 aliphatic carbocycles. The third-order valence-electron chi connectivity index (χ3n) is 4.36. The van der Waals surface area contributed by atoms with Crippen molar-refractivity contribution in [3.63, 3.8) is 0 Å². The number of anilines is 1. The standard InChI is InChI=1S/C18H20F3N3O2/c1-2-4-15-22-16(26-23-15)8-9-17(25)24-10-3-5-12-11-13(18(19,20)21)6-7-14(12)24/h6-7,11H,2-5,8-10H2,1H3. The van der Waals surface area contributed by atoms with E-state index in [4.69, 9.17) is 4.52 Å². The molecule has 1 aliphatic rings. The molecule has 8 heteroatoms. The predicted molar refractivity (Wildman–Crippen MR) is 88.7 cm³/mol. The number of fused-ring (bicyclic) bond motifs is 1. The number of carbonyl (C=O) groups excluding carboxylic acids is 1. The molecule has 0 bridgehead atoms. The summed E-state index contributed by atoms with van der Waals surface area (Å²) in [6.07, 6.45) is -1.08. The zero-order valence-electron chi connectivity index (χ0n) is 14.5. The van der Waals surface area contributed by atoms with Gasteiger partial charge in [-0.3, -0.25) is 4.79 Å². The first kappa shape index (κ1) is 18.4. The Kier molecular flexibility index (Phi) is 5.29. The quantitative estimate of drug-likeness (QED) is 0.803. The number of nitrogens with zero attached hydrogens (tertiary/aromatic N) is 3. The maximum Gasteiger partial charge on any atom is 0.416 e. The predicted octanol–water partition coefficient (Wildman–Crippen LogP) is 3.95. The topological polar surface area (TPSA) is 59.2 Å². The van der Waals surface area contributed by atoms with E-state index in [0.29, 0.717) is 48.8 Å². The molecule has 1 aliphatic heterocycles. The molecule has 0 spiro atoms. The van der Waals surface area contributed by atoms with Gasteiger partial charge in [0.1, 0.15) is 0 Å². The Bertz CT molecular complexity index is 786. The maximum absolute atomic E-state index is 12.9. The number of benzene rings is 1. The molecule has 0 radical (unpaired) electrons. The van der Waals surface area contributed by atoms with Crippen LogP contribution in [0.15, 0.2) is 22.7 Å². The van der Waals surface area contributed by atoms with Crippen molar-refractivity contribution in [3.05, 3.63) is 41.0 Å². The number of rotatable bonds is 5. The summed E-state index contributed by atoms with van der Waals surface area (Å²) in [6, 6.07) is 3.56. The number of aryl methyl sites for hydroxylation is 3. The molecule has 26 heavy (non-hydrogen) atoms. The Hall–Kier alpha value is -2.38. The molecule has 1 aromatic heterocycles. The lowest BCUT2D eigenvalue weighted by Gasteiger charge is -2.30. The summed E-state index contributed by atoms with van der Waals surface area (Å²) in [7, 11) is 0. The molecule has 0 saturated heterocycles. The van der Waals surface area contributed by atoms with Crippen LogP contribution in [-0.4, -0.2) is 22.6 Å². The lowest BCUT2D eigenvalue weighted by molar-refractivity contribution is -0.137. The van der Waals surface area contributed by atoms with Crippen LogP contribution >= 0.6 is 0 Å². The average molecular weight is 367 g/mol. The van der Waals surface area contributed by atoms with Gasteiger partial charge in [0.15, 0.2) is 5.82 Å². The molecule has 140 valence electrons. The minimum absolute atomic E-state index is 0.152. The van der Waals surface area contributed by atoms with Crippen LogP contribution in [0.4, 0.5) is 18.9 Å². The second-order valence-electron chi connectivity index (χ2n) is 6.34. The zero-order chi connectivity index (χ0) is 18.7. The number of hydrogen-bond donors (Lipinski definition) is 0. The first-order valence-corrected chi connectivity index (χ1v) is 8.70. The molecule has 5 nitrogen and oxygen atoms in total. The van der Waals surface area contributed by atoms with Crippen molar-refractivity contribution in [2.75, 3.05) is 11.4 Å². The third kappa shape index (κ3) is 4.05. The van der Waals surface area contributed by atoms with Crippen molar-refractivity contribution in [2.45, 2.75) is 51.6 Å². The van der Waals surface area contributed by atoms with Gasteiger partial charge in [-0.1, -0.05) is 12.1 Å². The van der Waals surface area contributed by atoms with Crippen LogP contribution in [0.25, 0.3) is 0 Å². The molecular weight excluding hydrogens is 347 g/mol. The van der Waals surface area contributed by atoms with Crippen molar-refractivity contribution in [2.24, 2.45) is 0 Å². The number of amides is 1. The summed E-state index contributed by atoms with van der Waals surface area (Å²) < 4.78 is 43.7. The van der Waals surface area contributed by atoms with E-state index in [1.165, 1.54) is 6.07 Å². The van der Waals surface area contributed by atoms with E-state index in [1.807, 2.05) is 6.92 Å². The van der Waals surface area contributed by atoms with E-state index >= 15 is 0 Å². The molecule has 1 aromatic carbocycles. The van der Waals surface area contributed by atoms with Gasteiger partial charge in [-0.05, 0) is 43.0 Å². The second kappa shape index (κ2) is 7.47. The lowest BCUT2D eigenvalue weighted by atomic mass is 9.98. The fourth-order valence-electron chi connectivity index (χ4n) is 3.10. The minimum Gasteiger partial charge on any atom is -0.339 e. The minimum atomic E-state index is -4.38. The van der Waals surface area contributed by atoms with Gasteiger partial charge >= 0.3 is 6.18 Å². The normalized spacial score (nSPS) is 14.4. The van der Waals surface area contributed by atoms with Crippen molar-refractivity contribution in [1.29, 1.82) is 0 Å². The number of aromatic nitrogens is 2. The van der Waals surface area contributed by atoms with Crippen molar-refractivity contribution in [1.82, 2.24) is 10.1 Å². The Morgan fingerprint density at radius 2 is 2.12 bits per heavy atom. The highest BCUT2D eigenvalue weighted by Crippen LogP contribution is 2.35. The SMILES string of the molecule is CCCc1noc(CCC(=O)N2CCCc3cc(C(F)(F)F)ccc32)n1. The molecule has 2 aromatic rings. The molecule has 0 fully saturated rings. The Labute approximate surface area is 149 Å². The highest BCUT2D eigenvalue weighted by atomic mass is 19.4. The summed E-state index contributed by atoms with van der Waals surface area (Å²) in [4.78, 5) is 18.3. The highest BCUT2D eigenvalue weighted by molar-refractivity contribution is 5.94. The van der Waals surface area contributed by atoms with Crippen LogP contribution in [-0.2, 0) is 30.2 Å². The number of alkyl halides is 3. The summed E-state index contributed by atoms with van der Waals surface area (Å²) in [5, 5.41) is 3.85. The van der Waals surface area contributed by atoms with Gasteiger partial charge in [-0.25, -0.2) is 0 Å². The Morgan fingerprint density at radius 1 is 1.31 bits per heavy atom. The summed E-state index contributed by atoms with van der Waals surface area (Å²) >= 11 is 0. The maximum atomic E-state index is 12.9. The van der Waals surface area contributed by atoms with Gasteiger partial charge < -0.3 is 9.42 Å². The van der Waals surface area contributed by atoms with Gasteiger partial charge in [-0.15, -0.1) is 0 Å². The molecule has 2 heterocycles. The highest BCUT2D eigenvalue weighted by Gasteiger charge is 2.32. The third-order valence-corrected chi connectivity index (χ3v) is 4.36. The van der Waals surface area contributed by atoms with Gasteiger partial charge in [0.2, 0.25) is 11.8 Å². The Morgan fingerprint density at radius 3 is 2.85 bits per heavy atom. The molecular formula is C18H20F3N3O2. The van der Waals surface area contributed by atoms with E-state index < -0.39 is 11.7 Å². The largest absolute Gasteiger partial charge is 0.416 e. The second-order valence-corrected chi connectivity index (χ2v) is 6.34. The monoisotopic (exact) mass is 367 g/mol. The first-order valence-electron chi connectivity index (χ1n) is 8.70. The van der Waals surface area contributed by atoms with Crippen LogP contribution in [0.5, 0.6) is 0 Å². The average Bonchev–Trinajstić information content (AvgIpc) is 3.06. The van der Waals surface area contributed by atoms with Crippen LogP contribution < -0.4 is 4.90 Å². The number of carbonyl (C=O) groups is 1. The van der Waals surface area contributed by atoms with Crippen LogP contribution in [0.1, 0.15) is 49.0 Å². The fraction of sp³-hybridized carbons (Fsp3) is 0.500. The number of hydrogen-bond acceptors (Lipinski definition) is 4. The Balaban J connectivity index is 1.69. The van der Waals surface area contributed by atoms with Gasteiger partial charge in [0, 0.05) is 31.5 Å². The van der Waals surface area contributed by atoms with E-state index in [1.54, 1.807) is 4.90 Å². The van der Waals surface area contributed by atoms with Gasteiger partial charge in [0.05, 0.1) is 5.56 Å². The molecule has 0 atom stereocenters. The first-order chi connectivity index (χ1) is 12.4. The zero-order valence-corrected chi connectivity index (χ0v) is 14.5.